The molecule has 2 rings (SSSR count). The van der Waals surface area contributed by atoms with Crippen molar-refractivity contribution in [2.45, 2.75) is 33.7 Å². The number of benzene rings is 1. The van der Waals surface area contributed by atoms with Crippen LogP contribution in [0.1, 0.15) is 32.8 Å². The summed E-state index contributed by atoms with van der Waals surface area (Å²) >= 11 is 0. The van der Waals surface area contributed by atoms with Crippen LogP contribution >= 0.6 is 0 Å². The number of hydrogen-bond donors (Lipinski definition) is 1. The number of anilines is 1. The first kappa shape index (κ1) is 14.8. The second-order valence-electron chi connectivity index (χ2n) is 5.01. The summed E-state index contributed by atoms with van der Waals surface area (Å²) in [6, 6.07) is 10.6. The Labute approximate surface area is 122 Å². The molecule has 0 spiro atoms. The number of nitrogens with one attached hydrogen (secondary N) is 1. The summed E-state index contributed by atoms with van der Waals surface area (Å²) in [6.45, 7) is 10.5. The topological polar surface area (TPSA) is 28.2 Å². The van der Waals surface area contributed by atoms with E-state index in [9.17, 15) is 0 Å². The van der Waals surface area contributed by atoms with E-state index in [2.05, 4.69) is 61.3 Å². The van der Waals surface area contributed by atoms with Crippen molar-refractivity contribution in [3.63, 3.8) is 0 Å². The number of pyridine rings is 1. The van der Waals surface area contributed by atoms with Gasteiger partial charge in [-0.15, -0.1) is 0 Å². The fraction of sp³-hybridized carbons (Fsp3) is 0.471. The molecule has 108 valence electrons. The van der Waals surface area contributed by atoms with Gasteiger partial charge < -0.3 is 10.2 Å². The molecular formula is C17H25N3. The second-order valence-corrected chi connectivity index (χ2v) is 5.01. The monoisotopic (exact) mass is 271 g/mol. The van der Waals surface area contributed by atoms with E-state index in [-0.39, 0.29) is 0 Å². The molecule has 0 unspecified atom stereocenters. The molecule has 0 fully saturated rings. The van der Waals surface area contributed by atoms with E-state index >= 15 is 0 Å². The van der Waals surface area contributed by atoms with E-state index in [1.165, 1.54) is 10.9 Å². The van der Waals surface area contributed by atoms with Gasteiger partial charge in [0, 0.05) is 30.6 Å². The molecule has 1 N–H and O–H groups in total. The van der Waals surface area contributed by atoms with Gasteiger partial charge in [-0.2, -0.15) is 0 Å². The van der Waals surface area contributed by atoms with Gasteiger partial charge in [0.15, 0.2) is 0 Å². The Morgan fingerprint density at radius 1 is 1.10 bits per heavy atom. The van der Waals surface area contributed by atoms with Crippen LogP contribution in [0.15, 0.2) is 30.3 Å². The number of aromatic nitrogens is 1. The third-order valence-corrected chi connectivity index (χ3v) is 3.59. The predicted molar refractivity (Wildman–Crippen MR) is 87.3 cm³/mol. The SMILES string of the molecule is CCCNCc1cc2ccccc2nc1N(CC)CC. The lowest BCUT2D eigenvalue weighted by atomic mass is 10.1. The van der Waals surface area contributed by atoms with Crippen LogP contribution in [0.3, 0.4) is 0 Å². The molecule has 0 saturated carbocycles. The first-order valence-electron chi connectivity index (χ1n) is 7.64. The molecule has 1 heterocycles. The minimum atomic E-state index is 0.886. The van der Waals surface area contributed by atoms with Gasteiger partial charge >= 0.3 is 0 Å². The van der Waals surface area contributed by atoms with Crippen molar-refractivity contribution in [3.05, 3.63) is 35.9 Å². The van der Waals surface area contributed by atoms with Gasteiger partial charge in [-0.1, -0.05) is 25.1 Å². The molecule has 3 heteroatoms. The Hall–Kier alpha value is -1.61. The summed E-state index contributed by atoms with van der Waals surface area (Å²) in [7, 11) is 0. The summed E-state index contributed by atoms with van der Waals surface area (Å²) in [5.41, 5.74) is 2.37. The van der Waals surface area contributed by atoms with Crippen molar-refractivity contribution in [2.75, 3.05) is 24.5 Å². The van der Waals surface area contributed by atoms with Gasteiger partial charge in [-0.25, -0.2) is 4.98 Å². The van der Waals surface area contributed by atoms with Crippen molar-refractivity contribution >= 4 is 16.7 Å². The first-order valence-corrected chi connectivity index (χ1v) is 7.64. The zero-order valence-corrected chi connectivity index (χ0v) is 12.8. The summed E-state index contributed by atoms with van der Waals surface area (Å²) in [5.74, 6) is 1.12. The molecule has 0 bridgehead atoms. The minimum absolute atomic E-state index is 0.886. The normalized spacial score (nSPS) is 10.9. The Morgan fingerprint density at radius 2 is 1.85 bits per heavy atom. The third kappa shape index (κ3) is 3.28. The smallest absolute Gasteiger partial charge is 0.133 e. The highest BCUT2D eigenvalue weighted by Crippen LogP contribution is 2.23. The molecule has 1 aromatic carbocycles. The molecule has 0 radical (unpaired) electrons. The average molecular weight is 271 g/mol. The Bertz CT molecular complexity index is 547. The van der Waals surface area contributed by atoms with Crippen LogP contribution in [0.4, 0.5) is 5.82 Å². The van der Waals surface area contributed by atoms with Crippen LogP contribution in [0.5, 0.6) is 0 Å². The lowest BCUT2D eigenvalue weighted by molar-refractivity contribution is 0.671. The number of rotatable bonds is 7. The van der Waals surface area contributed by atoms with Crippen molar-refractivity contribution < 1.29 is 0 Å². The summed E-state index contributed by atoms with van der Waals surface area (Å²) in [6.07, 6.45) is 1.15. The van der Waals surface area contributed by atoms with Crippen LogP contribution in [0.2, 0.25) is 0 Å². The Kier molecular flexibility index (Phi) is 5.36. The predicted octanol–water partition coefficient (Wildman–Crippen LogP) is 3.58. The lowest BCUT2D eigenvalue weighted by Gasteiger charge is -2.23. The highest BCUT2D eigenvalue weighted by atomic mass is 15.2. The van der Waals surface area contributed by atoms with Gasteiger partial charge in [0.05, 0.1) is 5.52 Å². The zero-order valence-electron chi connectivity index (χ0n) is 12.8. The fourth-order valence-corrected chi connectivity index (χ4v) is 2.48. The summed E-state index contributed by atoms with van der Waals surface area (Å²) in [5, 5.41) is 4.71. The number of fused-ring (bicyclic) bond motifs is 1. The van der Waals surface area contributed by atoms with Crippen LogP contribution in [-0.4, -0.2) is 24.6 Å². The molecule has 0 aliphatic rings. The fourth-order valence-electron chi connectivity index (χ4n) is 2.48. The van der Waals surface area contributed by atoms with Crippen LogP contribution in [0.25, 0.3) is 10.9 Å². The van der Waals surface area contributed by atoms with Crippen LogP contribution < -0.4 is 10.2 Å². The maximum atomic E-state index is 4.88. The zero-order chi connectivity index (χ0) is 14.4. The average Bonchev–Trinajstić information content (AvgIpc) is 2.49. The van der Waals surface area contributed by atoms with Crippen molar-refractivity contribution in [3.8, 4) is 0 Å². The van der Waals surface area contributed by atoms with Gasteiger partial charge in [0.25, 0.3) is 0 Å². The molecule has 1 aromatic heterocycles. The quantitative estimate of drug-likeness (QED) is 0.780. The molecule has 3 nitrogen and oxygen atoms in total. The van der Waals surface area contributed by atoms with Gasteiger partial charge in [0.2, 0.25) is 0 Å². The van der Waals surface area contributed by atoms with E-state index in [0.717, 1.165) is 43.9 Å². The van der Waals surface area contributed by atoms with Crippen molar-refractivity contribution in [2.24, 2.45) is 0 Å². The van der Waals surface area contributed by atoms with E-state index < -0.39 is 0 Å². The summed E-state index contributed by atoms with van der Waals surface area (Å²) < 4.78 is 0. The van der Waals surface area contributed by atoms with Gasteiger partial charge in [0.1, 0.15) is 5.82 Å². The van der Waals surface area contributed by atoms with E-state index in [0.29, 0.717) is 0 Å². The Morgan fingerprint density at radius 3 is 2.55 bits per heavy atom. The van der Waals surface area contributed by atoms with Gasteiger partial charge in [-0.05, 0) is 38.9 Å². The number of nitrogens with zero attached hydrogens (tertiary/aromatic N) is 2. The molecule has 0 aliphatic heterocycles. The highest BCUT2D eigenvalue weighted by Gasteiger charge is 2.11. The Balaban J connectivity index is 2.41. The maximum Gasteiger partial charge on any atom is 0.133 e. The van der Waals surface area contributed by atoms with Gasteiger partial charge in [-0.3, -0.25) is 0 Å². The molecule has 0 saturated heterocycles. The van der Waals surface area contributed by atoms with E-state index in [1.54, 1.807) is 0 Å². The third-order valence-electron chi connectivity index (χ3n) is 3.59. The maximum absolute atomic E-state index is 4.88. The molecular weight excluding hydrogens is 246 g/mol. The minimum Gasteiger partial charge on any atom is -0.357 e. The second kappa shape index (κ2) is 7.25. The molecule has 0 atom stereocenters. The molecule has 0 aliphatic carbocycles. The molecule has 0 amide bonds. The molecule has 2 aromatic rings. The lowest BCUT2D eigenvalue weighted by Crippen LogP contribution is -2.26. The standard InChI is InChI=1S/C17H25N3/c1-4-11-18-13-15-12-14-9-7-8-10-16(14)19-17(15)20(5-2)6-3/h7-10,12,18H,4-6,11,13H2,1-3H3. The number of para-hydroxylation sites is 1. The summed E-state index contributed by atoms with van der Waals surface area (Å²) in [4.78, 5) is 7.21. The first-order chi connectivity index (χ1) is 9.80. The molecule has 20 heavy (non-hydrogen) atoms. The van der Waals surface area contributed by atoms with E-state index in [4.69, 9.17) is 4.98 Å². The van der Waals surface area contributed by atoms with Crippen molar-refractivity contribution in [1.82, 2.24) is 10.3 Å². The highest BCUT2D eigenvalue weighted by molar-refractivity contribution is 5.81. The largest absolute Gasteiger partial charge is 0.357 e. The van der Waals surface area contributed by atoms with E-state index in [1.807, 2.05) is 0 Å². The van der Waals surface area contributed by atoms with Crippen molar-refractivity contribution in [1.29, 1.82) is 0 Å². The van der Waals surface area contributed by atoms with Crippen LogP contribution in [0, 0.1) is 0 Å². The van der Waals surface area contributed by atoms with Crippen LogP contribution in [-0.2, 0) is 6.54 Å². The number of hydrogen-bond acceptors (Lipinski definition) is 3.